The van der Waals surface area contributed by atoms with Crippen LogP contribution in [0.3, 0.4) is 0 Å². The first-order valence-corrected chi connectivity index (χ1v) is 8.74. The Labute approximate surface area is 147 Å². The van der Waals surface area contributed by atoms with Gasteiger partial charge in [-0.15, -0.1) is 11.6 Å². The summed E-state index contributed by atoms with van der Waals surface area (Å²) in [6.45, 7) is 4.87. The van der Waals surface area contributed by atoms with Crippen LogP contribution in [-0.4, -0.2) is 41.7 Å². The van der Waals surface area contributed by atoms with Crippen LogP contribution >= 0.6 is 11.6 Å². The molecule has 0 spiro atoms. The fourth-order valence-corrected chi connectivity index (χ4v) is 2.72. The maximum absolute atomic E-state index is 12.9. The van der Waals surface area contributed by atoms with Crippen LogP contribution in [0.25, 0.3) is 0 Å². The molecule has 1 N–H and O–H groups in total. The van der Waals surface area contributed by atoms with Crippen LogP contribution in [0.1, 0.15) is 32.3 Å². The van der Waals surface area contributed by atoms with Gasteiger partial charge in [0, 0.05) is 25.0 Å². The van der Waals surface area contributed by atoms with E-state index in [4.69, 9.17) is 11.6 Å². The van der Waals surface area contributed by atoms with Gasteiger partial charge in [0.2, 0.25) is 11.8 Å². The van der Waals surface area contributed by atoms with Crippen molar-refractivity contribution in [1.82, 2.24) is 10.2 Å². The van der Waals surface area contributed by atoms with E-state index in [0.717, 1.165) is 18.4 Å². The standard InChI is InChI=1S/C18H24ClFN2O2/c1-18(2,12-19)17(24)21-15-7-9-22(10-8-15)16(23)11-13-3-5-14(20)6-4-13/h3-6,15H,7-12H2,1-2H3,(H,21,24). The van der Waals surface area contributed by atoms with Gasteiger partial charge in [0.25, 0.3) is 0 Å². The first-order chi connectivity index (χ1) is 11.3. The minimum absolute atomic E-state index is 0.0347. The number of hydrogen-bond acceptors (Lipinski definition) is 2. The third-order valence-electron chi connectivity index (χ3n) is 4.40. The Kier molecular flexibility index (Phi) is 6.21. The van der Waals surface area contributed by atoms with E-state index >= 15 is 0 Å². The Bertz CT molecular complexity index is 581. The summed E-state index contributed by atoms with van der Waals surface area (Å²) >= 11 is 5.82. The zero-order chi connectivity index (χ0) is 17.7. The van der Waals surface area contributed by atoms with Gasteiger partial charge in [-0.25, -0.2) is 4.39 Å². The zero-order valence-corrected chi connectivity index (χ0v) is 14.9. The second kappa shape index (κ2) is 7.97. The maximum atomic E-state index is 12.9. The Morgan fingerprint density at radius 3 is 2.38 bits per heavy atom. The summed E-state index contributed by atoms with van der Waals surface area (Å²) in [5.41, 5.74) is 0.220. The van der Waals surface area contributed by atoms with Gasteiger partial charge in [-0.05, 0) is 44.4 Å². The SMILES string of the molecule is CC(C)(CCl)C(=O)NC1CCN(C(=O)Cc2ccc(F)cc2)CC1. The van der Waals surface area contributed by atoms with Crippen molar-refractivity contribution < 1.29 is 14.0 Å². The quantitative estimate of drug-likeness (QED) is 0.826. The van der Waals surface area contributed by atoms with Gasteiger partial charge >= 0.3 is 0 Å². The van der Waals surface area contributed by atoms with E-state index in [2.05, 4.69) is 5.32 Å². The molecule has 1 saturated heterocycles. The topological polar surface area (TPSA) is 49.4 Å². The van der Waals surface area contributed by atoms with E-state index in [1.807, 2.05) is 13.8 Å². The van der Waals surface area contributed by atoms with E-state index < -0.39 is 5.41 Å². The normalized spacial score (nSPS) is 16.1. The molecule has 0 unspecified atom stereocenters. The third kappa shape index (κ3) is 4.94. The largest absolute Gasteiger partial charge is 0.353 e. The number of likely N-dealkylation sites (tertiary alicyclic amines) is 1. The average molecular weight is 355 g/mol. The molecule has 0 atom stereocenters. The van der Waals surface area contributed by atoms with Crippen LogP contribution in [0.2, 0.25) is 0 Å². The molecule has 6 heteroatoms. The van der Waals surface area contributed by atoms with Crippen LogP contribution in [0.15, 0.2) is 24.3 Å². The summed E-state index contributed by atoms with van der Waals surface area (Å²) in [7, 11) is 0. The van der Waals surface area contributed by atoms with Crippen molar-refractivity contribution in [3.8, 4) is 0 Å². The second-order valence-electron chi connectivity index (χ2n) is 6.95. The summed E-state index contributed by atoms with van der Waals surface area (Å²) in [4.78, 5) is 26.3. The highest BCUT2D eigenvalue weighted by atomic mass is 35.5. The van der Waals surface area contributed by atoms with E-state index in [-0.39, 0.29) is 36.0 Å². The molecular formula is C18H24ClFN2O2. The minimum Gasteiger partial charge on any atom is -0.353 e. The van der Waals surface area contributed by atoms with Crippen molar-refractivity contribution in [2.75, 3.05) is 19.0 Å². The van der Waals surface area contributed by atoms with E-state index in [1.165, 1.54) is 12.1 Å². The molecule has 1 aliphatic heterocycles. The highest BCUT2D eigenvalue weighted by molar-refractivity contribution is 6.19. The number of amides is 2. The summed E-state index contributed by atoms with van der Waals surface area (Å²) in [6, 6.07) is 6.07. The molecule has 24 heavy (non-hydrogen) atoms. The molecule has 132 valence electrons. The monoisotopic (exact) mass is 354 g/mol. The third-order valence-corrected chi connectivity index (χ3v) is 5.07. The van der Waals surface area contributed by atoms with Crippen LogP contribution < -0.4 is 5.32 Å². The molecule has 0 aromatic heterocycles. The number of carbonyl (C=O) groups is 2. The molecule has 2 amide bonds. The van der Waals surface area contributed by atoms with Crippen molar-refractivity contribution >= 4 is 23.4 Å². The van der Waals surface area contributed by atoms with E-state index in [9.17, 15) is 14.0 Å². The van der Waals surface area contributed by atoms with Gasteiger partial charge < -0.3 is 10.2 Å². The van der Waals surface area contributed by atoms with Gasteiger partial charge in [0.1, 0.15) is 5.82 Å². The lowest BCUT2D eigenvalue weighted by molar-refractivity contribution is -0.132. The molecular weight excluding hydrogens is 331 g/mol. The first-order valence-electron chi connectivity index (χ1n) is 8.21. The lowest BCUT2D eigenvalue weighted by Gasteiger charge is -2.34. The number of piperidine rings is 1. The highest BCUT2D eigenvalue weighted by Crippen LogP contribution is 2.19. The average Bonchev–Trinajstić information content (AvgIpc) is 2.57. The molecule has 1 aromatic rings. The molecule has 0 radical (unpaired) electrons. The predicted octanol–water partition coefficient (Wildman–Crippen LogP) is 2.74. The van der Waals surface area contributed by atoms with Crippen LogP contribution in [0.5, 0.6) is 0 Å². The molecule has 2 rings (SSSR count). The van der Waals surface area contributed by atoms with Crippen LogP contribution in [0, 0.1) is 11.2 Å². The molecule has 4 nitrogen and oxygen atoms in total. The number of nitrogens with zero attached hydrogens (tertiary/aromatic N) is 1. The van der Waals surface area contributed by atoms with Crippen molar-refractivity contribution in [3.05, 3.63) is 35.6 Å². The minimum atomic E-state index is -0.586. The first kappa shape index (κ1) is 18.7. The van der Waals surface area contributed by atoms with Crippen molar-refractivity contribution in [3.63, 3.8) is 0 Å². The van der Waals surface area contributed by atoms with Gasteiger partial charge in [0.15, 0.2) is 0 Å². The van der Waals surface area contributed by atoms with Gasteiger partial charge in [0.05, 0.1) is 11.8 Å². The number of alkyl halides is 1. The lowest BCUT2D eigenvalue weighted by atomic mass is 9.93. The smallest absolute Gasteiger partial charge is 0.227 e. The molecule has 1 fully saturated rings. The number of rotatable bonds is 5. The molecule has 0 saturated carbocycles. The number of carbonyl (C=O) groups excluding carboxylic acids is 2. The maximum Gasteiger partial charge on any atom is 0.227 e. The van der Waals surface area contributed by atoms with Gasteiger partial charge in [-0.2, -0.15) is 0 Å². The van der Waals surface area contributed by atoms with E-state index in [0.29, 0.717) is 13.1 Å². The zero-order valence-electron chi connectivity index (χ0n) is 14.1. The molecule has 0 bridgehead atoms. The van der Waals surface area contributed by atoms with Crippen molar-refractivity contribution in [2.24, 2.45) is 5.41 Å². The number of halogens is 2. The summed E-state index contributed by atoms with van der Waals surface area (Å²) in [5, 5.41) is 3.02. The highest BCUT2D eigenvalue weighted by Gasteiger charge is 2.30. The van der Waals surface area contributed by atoms with Crippen molar-refractivity contribution in [1.29, 1.82) is 0 Å². The molecule has 1 aliphatic rings. The van der Waals surface area contributed by atoms with E-state index in [1.54, 1.807) is 17.0 Å². The Morgan fingerprint density at radius 2 is 1.83 bits per heavy atom. The Morgan fingerprint density at radius 1 is 1.25 bits per heavy atom. The Hall–Kier alpha value is -1.62. The van der Waals surface area contributed by atoms with Gasteiger partial charge in [-0.1, -0.05) is 12.1 Å². The van der Waals surface area contributed by atoms with Crippen LogP contribution in [0.4, 0.5) is 4.39 Å². The molecule has 1 heterocycles. The summed E-state index contributed by atoms with van der Waals surface area (Å²) in [5.74, 6) is -0.0444. The Balaban J connectivity index is 1.80. The summed E-state index contributed by atoms with van der Waals surface area (Å²) < 4.78 is 12.9. The van der Waals surface area contributed by atoms with Gasteiger partial charge in [-0.3, -0.25) is 9.59 Å². The summed E-state index contributed by atoms with van der Waals surface area (Å²) in [6.07, 6.45) is 1.75. The molecule has 0 aliphatic carbocycles. The van der Waals surface area contributed by atoms with Crippen LogP contribution in [-0.2, 0) is 16.0 Å². The number of benzene rings is 1. The van der Waals surface area contributed by atoms with Crippen molar-refractivity contribution in [2.45, 2.75) is 39.2 Å². The number of hydrogen-bond donors (Lipinski definition) is 1. The predicted molar refractivity (Wildman–Crippen MR) is 92.3 cm³/mol. The second-order valence-corrected chi connectivity index (χ2v) is 7.22. The fourth-order valence-electron chi connectivity index (χ4n) is 2.60. The molecule has 1 aromatic carbocycles. The lowest BCUT2D eigenvalue weighted by Crippen LogP contribution is -2.50. The number of nitrogens with one attached hydrogen (secondary N) is 1. The fraction of sp³-hybridized carbons (Fsp3) is 0.556.